The second kappa shape index (κ2) is 4.86. The summed E-state index contributed by atoms with van der Waals surface area (Å²) in [6, 6.07) is 7.81. The first-order valence-corrected chi connectivity index (χ1v) is 5.63. The highest BCUT2D eigenvalue weighted by Crippen LogP contribution is 2.20. The molecule has 0 bridgehead atoms. The molecule has 2 rings (SSSR count). The molecule has 0 heterocycles. The van der Waals surface area contributed by atoms with Crippen LogP contribution < -0.4 is 0 Å². The Morgan fingerprint density at radius 2 is 1.72 bits per heavy atom. The molecule has 1 nitrogen and oxygen atoms in total. The van der Waals surface area contributed by atoms with Crippen molar-refractivity contribution in [2.45, 2.75) is 6.92 Å². The Hall–Kier alpha value is -1.74. The monoisotopic (exact) mass is 266 g/mol. The second-order valence-corrected chi connectivity index (χ2v) is 4.37. The Kier molecular flexibility index (Phi) is 3.43. The zero-order valence-electron chi connectivity index (χ0n) is 9.51. The van der Waals surface area contributed by atoms with Crippen molar-refractivity contribution in [3.05, 3.63) is 69.7 Å². The number of hydrogen-bond acceptors (Lipinski definition) is 1. The fourth-order valence-electron chi connectivity index (χ4n) is 1.63. The van der Waals surface area contributed by atoms with E-state index in [1.165, 1.54) is 24.3 Å². The fraction of sp³-hybridized carbons (Fsp3) is 0.0714. The minimum atomic E-state index is -0.756. The van der Waals surface area contributed by atoms with Crippen LogP contribution in [0, 0.1) is 18.6 Å². The maximum atomic E-state index is 13.6. The summed E-state index contributed by atoms with van der Waals surface area (Å²) in [5.41, 5.74) is 0.397. The van der Waals surface area contributed by atoms with Crippen LogP contribution in [0.4, 0.5) is 8.78 Å². The standard InChI is InChI=1S/C14H9ClF2O/c1-8-2-5-12(16)11(6-8)14(18)10-4-3-9(15)7-13(10)17/h2-7H,1H3. The number of ketones is 1. The molecule has 0 fully saturated rings. The van der Waals surface area contributed by atoms with E-state index in [0.29, 0.717) is 0 Å². The highest BCUT2D eigenvalue weighted by molar-refractivity contribution is 6.30. The highest BCUT2D eigenvalue weighted by atomic mass is 35.5. The number of hydrogen-bond donors (Lipinski definition) is 0. The van der Waals surface area contributed by atoms with Gasteiger partial charge in [-0.3, -0.25) is 4.79 Å². The van der Waals surface area contributed by atoms with Crippen LogP contribution in [0.2, 0.25) is 5.02 Å². The Morgan fingerprint density at radius 3 is 2.39 bits per heavy atom. The lowest BCUT2D eigenvalue weighted by Crippen LogP contribution is -2.07. The molecule has 0 amide bonds. The molecule has 0 radical (unpaired) electrons. The SMILES string of the molecule is Cc1ccc(F)c(C(=O)c2ccc(Cl)cc2F)c1. The third-order valence-corrected chi connectivity index (χ3v) is 2.78. The molecule has 0 saturated carbocycles. The summed E-state index contributed by atoms with van der Waals surface area (Å²) in [6.07, 6.45) is 0. The van der Waals surface area contributed by atoms with Crippen molar-refractivity contribution in [2.75, 3.05) is 0 Å². The molecular weight excluding hydrogens is 258 g/mol. The first-order chi connectivity index (χ1) is 8.49. The van der Waals surface area contributed by atoms with Gasteiger partial charge in [-0.05, 0) is 37.3 Å². The predicted molar refractivity (Wildman–Crippen MR) is 66.0 cm³/mol. The molecule has 0 atom stereocenters. The average Bonchev–Trinajstić information content (AvgIpc) is 2.31. The van der Waals surface area contributed by atoms with Crippen LogP contribution in [-0.4, -0.2) is 5.78 Å². The Labute approximate surface area is 108 Å². The highest BCUT2D eigenvalue weighted by Gasteiger charge is 2.17. The summed E-state index contributed by atoms with van der Waals surface area (Å²) in [4.78, 5) is 12.0. The number of halogens is 3. The molecule has 0 saturated heterocycles. The van der Waals surface area contributed by atoms with Crippen molar-refractivity contribution in [3.8, 4) is 0 Å². The van der Waals surface area contributed by atoms with Crippen LogP contribution in [0.15, 0.2) is 36.4 Å². The van der Waals surface area contributed by atoms with Crippen LogP contribution in [0.5, 0.6) is 0 Å². The largest absolute Gasteiger partial charge is 0.288 e. The molecule has 0 aliphatic heterocycles. The van der Waals surface area contributed by atoms with Crippen molar-refractivity contribution >= 4 is 17.4 Å². The van der Waals surface area contributed by atoms with Gasteiger partial charge < -0.3 is 0 Å². The van der Waals surface area contributed by atoms with E-state index in [4.69, 9.17) is 11.6 Å². The quantitative estimate of drug-likeness (QED) is 0.746. The predicted octanol–water partition coefficient (Wildman–Crippen LogP) is 4.16. The number of benzene rings is 2. The van der Waals surface area contributed by atoms with Crippen LogP contribution in [0.25, 0.3) is 0 Å². The van der Waals surface area contributed by atoms with E-state index in [0.717, 1.165) is 11.6 Å². The molecule has 0 spiro atoms. The van der Waals surface area contributed by atoms with Gasteiger partial charge in [-0.1, -0.05) is 23.2 Å². The van der Waals surface area contributed by atoms with Crippen LogP contribution in [0.1, 0.15) is 21.5 Å². The summed E-state index contributed by atoms with van der Waals surface area (Å²) < 4.78 is 27.1. The number of rotatable bonds is 2. The molecule has 92 valence electrons. The Bertz CT molecular complexity index is 623. The van der Waals surface area contributed by atoms with Crippen molar-refractivity contribution in [3.63, 3.8) is 0 Å². The minimum Gasteiger partial charge on any atom is -0.288 e. The average molecular weight is 267 g/mol. The smallest absolute Gasteiger partial charge is 0.198 e. The first-order valence-electron chi connectivity index (χ1n) is 5.25. The topological polar surface area (TPSA) is 17.1 Å². The van der Waals surface area contributed by atoms with Gasteiger partial charge in [0.1, 0.15) is 11.6 Å². The first kappa shape index (κ1) is 12.7. The van der Waals surface area contributed by atoms with Crippen molar-refractivity contribution < 1.29 is 13.6 Å². The molecule has 0 N–H and O–H groups in total. The number of carbonyl (C=O) groups is 1. The second-order valence-electron chi connectivity index (χ2n) is 3.94. The zero-order chi connectivity index (χ0) is 13.3. The van der Waals surface area contributed by atoms with Crippen LogP contribution in [0.3, 0.4) is 0 Å². The molecular formula is C14H9ClF2O. The minimum absolute atomic E-state index is 0.142. The van der Waals surface area contributed by atoms with E-state index >= 15 is 0 Å². The van der Waals surface area contributed by atoms with Gasteiger partial charge in [-0.15, -0.1) is 0 Å². The van der Waals surface area contributed by atoms with E-state index in [1.54, 1.807) is 13.0 Å². The van der Waals surface area contributed by atoms with E-state index in [9.17, 15) is 13.6 Å². The normalized spacial score (nSPS) is 10.4. The number of carbonyl (C=O) groups excluding carboxylic acids is 1. The lowest BCUT2D eigenvalue weighted by molar-refractivity contribution is 0.103. The van der Waals surface area contributed by atoms with Crippen LogP contribution >= 0.6 is 11.6 Å². The van der Waals surface area contributed by atoms with Gasteiger partial charge >= 0.3 is 0 Å². The molecule has 4 heteroatoms. The van der Waals surface area contributed by atoms with Gasteiger partial charge in [0.25, 0.3) is 0 Å². The molecule has 18 heavy (non-hydrogen) atoms. The van der Waals surface area contributed by atoms with E-state index in [1.807, 2.05) is 0 Å². The number of aryl methyl sites for hydroxylation is 1. The maximum absolute atomic E-state index is 13.6. The van der Waals surface area contributed by atoms with E-state index in [2.05, 4.69) is 0 Å². The Morgan fingerprint density at radius 1 is 1.00 bits per heavy atom. The van der Waals surface area contributed by atoms with Crippen molar-refractivity contribution in [1.29, 1.82) is 0 Å². The molecule has 0 aliphatic rings. The van der Waals surface area contributed by atoms with Crippen molar-refractivity contribution in [1.82, 2.24) is 0 Å². The summed E-state index contributed by atoms with van der Waals surface area (Å²) in [5, 5.41) is 0.189. The zero-order valence-corrected chi connectivity index (χ0v) is 10.3. The van der Waals surface area contributed by atoms with E-state index < -0.39 is 17.4 Å². The van der Waals surface area contributed by atoms with Gasteiger partial charge in [0.05, 0.1) is 11.1 Å². The lowest BCUT2D eigenvalue weighted by atomic mass is 10.0. The van der Waals surface area contributed by atoms with Gasteiger partial charge in [-0.2, -0.15) is 0 Å². The Balaban J connectivity index is 2.51. The summed E-state index contributed by atoms with van der Waals surface area (Å²) in [5.74, 6) is -2.11. The maximum Gasteiger partial charge on any atom is 0.198 e. The fourth-order valence-corrected chi connectivity index (χ4v) is 1.79. The van der Waals surface area contributed by atoms with Gasteiger partial charge in [-0.25, -0.2) is 8.78 Å². The molecule has 0 unspecified atom stereocenters. The summed E-state index contributed by atoms with van der Waals surface area (Å²) >= 11 is 5.60. The third-order valence-electron chi connectivity index (χ3n) is 2.54. The third kappa shape index (κ3) is 2.41. The molecule has 0 aromatic heterocycles. The van der Waals surface area contributed by atoms with E-state index in [-0.39, 0.29) is 16.1 Å². The van der Waals surface area contributed by atoms with Gasteiger partial charge in [0.15, 0.2) is 5.78 Å². The van der Waals surface area contributed by atoms with Gasteiger partial charge in [0.2, 0.25) is 0 Å². The molecule has 0 aliphatic carbocycles. The summed E-state index contributed by atoms with van der Waals surface area (Å²) in [6.45, 7) is 1.73. The summed E-state index contributed by atoms with van der Waals surface area (Å²) in [7, 11) is 0. The molecule has 2 aromatic carbocycles. The lowest BCUT2D eigenvalue weighted by Gasteiger charge is -2.05. The molecule has 2 aromatic rings. The van der Waals surface area contributed by atoms with Crippen molar-refractivity contribution in [2.24, 2.45) is 0 Å². The van der Waals surface area contributed by atoms with Crippen LogP contribution in [-0.2, 0) is 0 Å². The van der Waals surface area contributed by atoms with Gasteiger partial charge in [0, 0.05) is 5.02 Å².